The Hall–Kier alpha value is -1.53. The van der Waals surface area contributed by atoms with Gasteiger partial charge < -0.3 is 19.0 Å². The molecular formula is C18H27ClN2O4. The maximum absolute atomic E-state index is 12.9. The van der Waals surface area contributed by atoms with Gasteiger partial charge in [0.25, 0.3) is 0 Å². The van der Waals surface area contributed by atoms with E-state index in [1.54, 1.807) is 22.1 Å². The van der Waals surface area contributed by atoms with Crippen LogP contribution in [0.1, 0.15) is 38.9 Å². The molecule has 6 nitrogen and oxygen atoms in total. The molecule has 2 atom stereocenters. The summed E-state index contributed by atoms with van der Waals surface area (Å²) < 4.78 is 11.1. The third kappa shape index (κ3) is 5.75. The molecule has 0 radical (unpaired) electrons. The second-order valence-electron chi connectivity index (χ2n) is 6.40. The maximum Gasteiger partial charge on any atom is 0.242 e. The summed E-state index contributed by atoms with van der Waals surface area (Å²) in [5.41, 5.74) is 0. The first kappa shape index (κ1) is 19.8. The summed E-state index contributed by atoms with van der Waals surface area (Å²) in [4.78, 5) is 28.3. The fourth-order valence-corrected chi connectivity index (χ4v) is 3.07. The first-order valence-corrected chi connectivity index (χ1v) is 9.35. The Balaban J connectivity index is 2.07. The van der Waals surface area contributed by atoms with Crippen molar-refractivity contribution in [2.75, 3.05) is 25.6 Å². The van der Waals surface area contributed by atoms with E-state index in [-0.39, 0.29) is 36.4 Å². The summed E-state index contributed by atoms with van der Waals surface area (Å²) in [5.74, 6) is 0.247. The van der Waals surface area contributed by atoms with Crippen molar-refractivity contribution in [3.63, 3.8) is 0 Å². The largest absolute Gasteiger partial charge is 0.467 e. The topological polar surface area (TPSA) is 63.0 Å². The van der Waals surface area contributed by atoms with Gasteiger partial charge in [-0.15, -0.1) is 11.6 Å². The molecule has 25 heavy (non-hydrogen) atoms. The van der Waals surface area contributed by atoms with Crippen molar-refractivity contribution in [3.05, 3.63) is 24.2 Å². The Labute approximate surface area is 154 Å². The number of ether oxygens (including phenoxy) is 1. The first-order valence-electron chi connectivity index (χ1n) is 8.82. The zero-order valence-electron chi connectivity index (χ0n) is 14.9. The van der Waals surface area contributed by atoms with Crippen LogP contribution in [0.5, 0.6) is 0 Å². The minimum Gasteiger partial charge on any atom is -0.467 e. The molecule has 2 rings (SSSR count). The van der Waals surface area contributed by atoms with Crippen molar-refractivity contribution in [1.82, 2.24) is 9.80 Å². The minimum absolute atomic E-state index is 0.0218. The molecular weight excluding hydrogens is 344 g/mol. The molecule has 0 aromatic carbocycles. The van der Waals surface area contributed by atoms with E-state index in [0.717, 1.165) is 25.9 Å². The second kappa shape index (κ2) is 9.82. The molecule has 7 heteroatoms. The Morgan fingerprint density at radius 3 is 2.76 bits per heavy atom. The van der Waals surface area contributed by atoms with E-state index in [4.69, 9.17) is 20.8 Å². The van der Waals surface area contributed by atoms with Crippen LogP contribution in [0.15, 0.2) is 22.8 Å². The Morgan fingerprint density at radius 1 is 1.40 bits per heavy atom. The number of hydrogen-bond donors (Lipinski definition) is 0. The number of carbonyl (C=O) groups is 2. The van der Waals surface area contributed by atoms with Gasteiger partial charge in [-0.25, -0.2) is 0 Å². The summed E-state index contributed by atoms with van der Waals surface area (Å²) in [6.45, 7) is 5.54. The molecule has 0 aliphatic carbocycles. The lowest BCUT2D eigenvalue weighted by Crippen LogP contribution is -2.48. The monoisotopic (exact) mass is 370 g/mol. The molecule has 1 aromatic heterocycles. The predicted molar refractivity (Wildman–Crippen MR) is 95.3 cm³/mol. The van der Waals surface area contributed by atoms with Crippen molar-refractivity contribution >= 4 is 23.4 Å². The molecule has 1 aromatic rings. The third-order valence-electron chi connectivity index (χ3n) is 4.59. The molecule has 1 saturated heterocycles. The van der Waals surface area contributed by atoms with E-state index < -0.39 is 0 Å². The smallest absolute Gasteiger partial charge is 0.242 e. The molecule has 0 unspecified atom stereocenters. The minimum atomic E-state index is -0.223. The third-order valence-corrected chi connectivity index (χ3v) is 4.82. The van der Waals surface area contributed by atoms with Gasteiger partial charge in [-0.2, -0.15) is 0 Å². The number of hydrogen-bond acceptors (Lipinski definition) is 4. The van der Waals surface area contributed by atoms with E-state index in [9.17, 15) is 9.59 Å². The molecule has 0 N–H and O–H groups in total. The highest BCUT2D eigenvalue weighted by molar-refractivity contribution is 6.27. The highest BCUT2D eigenvalue weighted by Gasteiger charge is 2.27. The van der Waals surface area contributed by atoms with Gasteiger partial charge in [-0.05, 0) is 38.3 Å². The van der Waals surface area contributed by atoms with E-state index >= 15 is 0 Å². The van der Waals surface area contributed by atoms with Crippen LogP contribution in [0.2, 0.25) is 0 Å². The van der Waals surface area contributed by atoms with Gasteiger partial charge >= 0.3 is 0 Å². The van der Waals surface area contributed by atoms with Crippen LogP contribution in [0.4, 0.5) is 0 Å². The number of rotatable bonds is 9. The molecule has 2 amide bonds. The number of carbonyl (C=O) groups excluding carboxylic acids is 2. The van der Waals surface area contributed by atoms with Gasteiger partial charge in [0, 0.05) is 19.2 Å². The molecule has 0 bridgehead atoms. The summed E-state index contributed by atoms with van der Waals surface area (Å²) in [7, 11) is 0. The maximum atomic E-state index is 12.9. The van der Waals surface area contributed by atoms with Crippen molar-refractivity contribution in [2.45, 2.75) is 51.8 Å². The summed E-state index contributed by atoms with van der Waals surface area (Å²) in [5, 5.41) is 0. The van der Waals surface area contributed by atoms with Gasteiger partial charge in [0.05, 0.1) is 18.9 Å². The first-order chi connectivity index (χ1) is 12.0. The highest BCUT2D eigenvalue weighted by atomic mass is 35.5. The zero-order valence-corrected chi connectivity index (χ0v) is 15.7. The fourth-order valence-electron chi connectivity index (χ4n) is 2.91. The van der Waals surface area contributed by atoms with E-state index in [1.807, 2.05) is 19.9 Å². The molecule has 140 valence electrons. The van der Waals surface area contributed by atoms with Crippen molar-refractivity contribution in [2.24, 2.45) is 0 Å². The Kier molecular flexibility index (Phi) is 7.78. The molecule has 0 saturated carbocycles. The van der Waals surface area contributed by atoms with Crippen LogP contribution in [0.3, 0.4) is 0 Å². The van der Waals surface area contributed by atoms with E-state index in [0.29, 0.717) is 18.8 Å². The number of amides is 2. The molecule has 2 heterocycles. The van der Waals surface area contributed by atoms with Gasteiger partial charge in [0.15, 0.2) is 0 Å². The van der Waals surface area contributed by atoms with Gasteiger partial charge in [0.2, 0.25) is 11.8 Å². The molecule has 1 fully saturated rings. The van der Waals surface area contributed by atoms with Gasteiger partial charge in [0.1, 0.15) is 18.2 Å². The lowest BCUT2D eigenvalue weighted by atomic mass is 10.2. The Bertz CT molecular complexity index is 543. The summed E-state index contributed by atoms with van der Waals surface area (Å²) in [6.07, 6.45) is 4.35. The summed E-state index contributed by atoms with van der Waals surface area (Å²) in [6, 6.07) is 3.60. The lowest BCUT2D eigenvalue weighted by Gasteiger charge is -2.31. The fraction of sp³-hybridized carbons (Fsp3) is 0.667. The van der Waals surface area contributed by atoms with Crippen LogP contribution in [-0.4, -0.2) is 59.3 Å². The average Bonchev–Trinajstić information content (AvgIpc) is 3.31. The van der Waals surface area contributed by atoms with Crippen LogP contribution < -0.4 is 0 Å². The van der Waals surface area contributed by atoms with Crippen LogP contribution in [0, 0.1) is 0 Å². The van der Waals surface area contributed by atoms with Gasteiger partial charge in [-0.3, -0.25) is 9.59 Å². The number of furan rings is 1. The lowest BCUT2D eigenvalue weighted by molar-refractivity contribution is -0.142. The van der Waals surface area contributed by atoms with Crippen molar-refractivity contribution in [1.29, 1.82) is 0 Å². The van der Waals surface area contributed by atoms with Crippen LogP contribution in [-0.2, 0) is 20.9 Å². The SMILES string of the molecule is CC[C@@H](C)N(CC(=O)N(Cc1ccco1)C[C@@H]1CCCO1)C(=O)CCl. The molecule has 1 aliphatic rings. The standard InChI is InChI=1S/C18H27ClN2O4/c1-3-14(2)21(17(22)10-19)13-18(23)20(11-15-6-4-8-24-15)12-16-7-5-9-25-16/h4,6,8,14,16H,3,5,7,9-13H2,1-2H3/t14-,16+/m1/s1. The van der Waals surface area contributed by atoms with Gasteiger partial charge in [-0.1, -0.05) is 6.92 Å². The van der Waals surface area contributed by atoms with E-state index in [1.165, 1.54) is 0 Å². The quantitative estimate of drug-likeness (QED) is 0.627. The second-order valence-corrected chi connectivity index (χ2v) is 6.67. The predicted octanol–water partition coefficient (Wildman–Crippen LogP) is 2.65. The zero-order chi connectivity index (χ0) is 18.2. The van der Waals surface area contributed by atoms with Crippen LogP contribution >= 0.6 is 11.6 Å². The van der Waals surface area contributed by atoms with Crippen molar-refractivity contribution < 1.29 is 18.7 Å². The molecule has 1 aliphatic heterocycles. The summed E-state index contributed by atoms with van der Waals surface area (Å²) >= 11 is 5.71. The number of halogens is 1. The highest BCUT2D eigenvalue weighted by Crippen LogP contribution is 2.16. The average molecular weight is 371 g/mol. The molecule has 0 spiro atoms. The Morgan fingerprint density at radius 2 is 2.20 bits per heavy atom. The van der Waals surface area contributed by atoms with E-state index in [2.05, 4.69) is 0 Å². The van der Waals surface area contributed by atoms with Crippen LogP contribution in [0.25, 0.3) is 0 Å². The number of alkyl halides is 1. The number of nitrogens with zero attached hydrogens (tertiary/aromatic N) is 2. The van der Waals surface area contributed by atoms with Crippen molar-refractivity contribution in [3.8, 4) is 0 Å². The normalized spacial score (nSPS) is 18.1.